The van der Waals surface area contributed by atoms with Crippen LogP contribution in [-0.4, -0.2) is 12.5 Å². The Hall–Kier alpha value is -1.81. The molecular weight excluding hydrogens is 232 g/mol. The van der Waals surface area contributed by atoms with Gasteiger partial charge in [-0.1, -0.05) is 12.1 Å². The highest BCUT2D eigenvalue weighted by molar-refractivity contribution is 7.12. The fraction of sp³-hybridized carbons (Fsp3) is 0.154. The van der Waals surface area contributed by atoms with Crippen molar-refractivity contribution in [3.63, 3.8) is 0 Å². The van der Waals surface area contributed by atoms with Crippen molar-refractivity contribution in [2.24, 2.45) is 0 Å². The molecule has 3 nitrogen and oxygen atoms in total. The fourth-order valence-electron chi connectivity index (χ4n) is 2.14. The first-order valence-corrected chi connectivity index (χ1v) is 6.37. The number of carbonyl (C=O) groups excluding carboxylic acids is 1. The Morgan fingerprint density at radius 1 is 1.35 bits per heavy atom. The smallest absolute Gasteiger partial charge is 0.268 e. The van der Waals surface area contributed by atoms with Crippen LogP contribution >= 0.6 is 11.3 Å². The molecule has 1 aliphatic rings. The van der Waals surface area contributed by atoms with Crippen molar-refractivity contribution in [1.82, 2.24) is 0 Å². The molecule has 0 spiro atoms. The minimum absolute atomic E-state index is 0.0735. The summed E-state index contributed by atoms with van der Waals surface area (Å²) in [7, 11) is 0. The predicted octanol–water partition coefficient (Wildman–Crippen LogP) is 2.53. The van der Waals surface area contributed by atoms with E-state index in [4.69, 9.17) is 5.73 Å². The molecule has 0 atom stereocenters. The molecule has 0 aliphatic carbocycles. The molecule has 0 unspecified atom stereocenters. The molecule has 2 N–H and O–H groups in total. The lowest BCUT2D eigenvalue weighted by Crippen LogP contribution is -2.28. The lowest BCUT2D eigenvalue weighted by molar-refractivity contribution is 0.0993. The molecule has 0 radical (unpaired) electrons. The number of benzene rings is 1. The van der Waals surface area contributed by atoms with Crippen LogP contribution in [0.2, 0.25) is 0 Å². The molecule has 4 heteroatoms. The number of rotatable bonds is 1. The summed E-state index contributed by atoms with van der Waals surface area (Å²) in [4.78, 5) is 14.9. The van der Waals surface area contributed by atoms with Crippen molar-refractivity contribution in [3.8, 4) is 0 Å². The number of amides is 1. The molecule has 3 rings (SSSR count). The maximum Gasteiger partial charge on any atom is 0.268 e. The highest BCUT2D eigenvalue weighted by Gasteiger charge is 2.25. The molecule has 0 saturated heterocycles. The first-order valence-electron chi connectivity index (χ1n) is 5.49. The maximum absolute atomic E-state index is 12.3. The van der Waals surface area contributed by atoms with Gasteiger partial charge in [-0.2, -0.15) is 0 Å². The van der Waals surface area contributed by atoms with Gasteiger partial charge in [-0.25, -0.2) is 0 Å². The minimum Gasteiger partial charge on any atom is -0.399 e. The van der Waals surface area contributed by atoms with Gasteiger partial charge >= 0.3 is 0 Å². The van der Waals surface area contributed by atoms with E-state index in [0.717, 1.165) is 23.5 Å². The second kappa shape index (κ2) is 3.89. The summed E-state index contributed by atoms with van der Waals surface area (Å²) in [6.07, 6.45) is 0.909. The van der Waals surface area contributed by atoms with E-state index in [-0.39, 0.29) is 5.91 Å². The van der Waals surface area contributed by atoms with E-state index < -0.39 is 0 Å². The van der Waals surface area contributed by atoms with Gasteiger partial charge in [0.1, 0.15) is 0 Å². The van der Waals surface area contributed by atoms with Crippen molar-refractivity contribution in [2.45, 2.75) is 6.42 Å². The van der Waals surface area contributed by atoms with E-state index in [2.05, 4.69) is 0 Å². The predicted molar refractivity (Wildman–Crippen MR) is 70.6 cm³/mol. The Kier molecular flexibility index (Phi) is 2.37. The summed E-state index contributed by atoms with van der Waals surface area (Å²) >= 11 is 1.47. The quantitative estimate of drug-likeness (QED) is 0.783. The summed E-state index contributed by atoms with van der Waals surface area (Å²) in [5.41, 5.74) is 8.64. The number of hydrogen-bond acceptors (Lipinski definition) is 3. The molecule has 86 valence electrons. The second-order valence-electron chi connectivity index (χ2n) is 4.07. The van der Waals surface area contributed by atoms with Crippen LogP contribution in [0.1, 0.15) is 15.2 Å². The molecule has 1 aromatic carbocycles. The van der Waals surface area contributed by atoms with Gasteiger partial charge in [0.25, 0.3) is 5.91 Å². The zero-order valence-electron chi connectivity index (χ0n) is 9.22. The SMILES string of the molecule is Nc1ccc2c(c1)N(C(=O)c1cccs1)CC2. The molecule has 2 heterocycles. The van der Waals surface area contributed by atoms with Crippen molar-refractivity contribution in [2.75, 3.05) is 17.2 Å². The summed E-state index contributed by atoms with van der Waals surface area (Å²) in [6, 6.07) is 9.53. The molecule has 1 aromatic heterocycles. The highest BCUT2D eigenvalue weighted by Crippen LogP contribution is 2.31. The molecule has 1 aliphatic heterocycles. The van der Waals surface area contributed by atoms with E-state index in [1.807, 2.05) is 40.6 Å². The number of nitrogens with zero attached hydrogens (tertiary/aromatic N) is 1. The Bertz CT molecular complexity index is 563. The summed E-state index contributed by atoms with van der Waals surface area (Å²) in [5.74, 6) is 0.0735. The monoisotopic (exact) mass is 244 g/mol. The third-order valence-electron chi connectivity index (χ3n) is 2.98. The highest BCUT2D eigenvalue weighted by atomic mass is 32.1. The Morgan fingerprint density at radius 2 is 2.24 bits per heavy atom. The third-order valence-corrected chi connectivity index (χ3v) is 3.84. The number of nitrogen functional groups attached to an aromatic ring is 1. The zero-order chi connectivity index (χ0) is 11.8. The van der Waals surface area contributed by atoms with E-state index in [1.165, 1.54) is 16.9 Å². The fourth-order valence-corrected chi connectivity index (χ4v) is 2.81. The van der Waals surface area contributed by atoms with Crippen LogP contribution in [0, 0.1) is 0 Å². The van der Waals surface area contributed by atoms with Gasteiger partial charge in [-0.3, -0.25) is 4.79 Å². The van der Waals surface area contributed by atoms with Crippen LogP contribution in [-0.2, 0) is 6.42 Å². The molecule has 0 saturated carbocycles. The molecular formula is C13H12N2OS. The van der Waals surface area contributed by atoms with Gasteiger partial charge in [0.2, 0.25) is 0 Å². The van der Waals surface area contributed by atoms with Crippen LogP contribution in [0.25, 0.3) is 0 Å². The number of anilines is 2. The van der Waals surface area contributed by atoms with Gasteiger partial charge in [0.05, 0.1) is 4.88 Å². The normalized spacial score (nSPS) is 13.8. The van der Waals surface area contributed by atoms with Crippen LogP contribution < -0.4 is 10.6 Å². The number of hydrogen-bond donors (Lipinski definition) is 1. The standard InChI is InChI=1S/C13H12N2OS/c14-10-4-3-9-5-6-15(11(9)8-10)13(16)12-2-1-7-17-12/h1-4,7-8H,5-6,14H2. The van der Waals surface area contributed by atoms with Gasteiger partial charge in [0, 0.05) is 17.9 Å². The van der Waals surface area contributed by atoms with Crippen molar-refractivity contribution in [1.29, 1.82) is 0 Å². The molecule has 0 fully saturated rings. The summed E-state index contributed by atoms with van der Waals surface area (Å²) < 4.78 is 0. The number of carbonyl (C=O) groups is 1. The van der Waals surface area contributed by atoms with Crippen LogP contribution in [0.3, 0.4) is 0 Å². The first kappa shape index (κ1) is 10.4. The molecule has 1 amide bonds. The maximum atomic E-state index is 12.3. The molecule has 17 heavy (non-hydrogen) atoms. The van der Waals surface area contributed by atoms with Crippen LogP contribution in [0.4, 0.5) is 11.4 Å². The third kappa shape index (κ3) is 1.70. The van der Waals surface area contributed by atoms with E-state index >= 15 is 0 Å². The Balaban J connectivity index is 1.98. The number of thiophene rings is 1. The van der Waals surface area contributed by atoms with Gasteiger partial charge in [-0.05, 0) is 35.6 Å². The number of fused-ring (bicyclic) bond motifs is 1. The van der Waals surface area contributed by atoms with Crippen molar-refractivity contribution >= 4 is 28.6 Å². The van der Waals surface area contributed by atoms with Gasteiger partial charge < -0.3 is 10.6 Å². The van der Waals surface area contributed by atoms with Crippen molar-refractivity contribution < 1.29 is 4.79 Å². The van der Waals surface area contributed by atoms with Crippen LogP contribution in [0.5, 0.6) is 0 Å². The second-order valence-corrected chi connectivity index (χ2v) is 5.02. The lowest BCUT2D eigenvalue weighted by atomic mass is 10.1. The minimum atomic E-state index is 0.0735. The van der Waals surface area contributed by atoms with Gasteiger partial charge in [0.15, 0.2) is 0 Å². The van der Waals surface area contributed by atoms with Crippen LogP contribution in [0.15, 0.2) is 35.7 Å². The van der Waals surface area contributed by atoms with Gasteiger partial charge in [-0.15, -0.1) is 11.3 Å². The molecule has 0 bridgehead atoms. The van der Waals surface area contributed by atoms with E-state index in [0.29, 0.717) is 5.69 Å². The lowest BCUT2D eigenvalue weighted by Gasteiger charge is -2.16. The zero-order valence-corrected chi connectivity index (χ0v) is 10.0. The van der Waals surface area contributed by atoms with E-state index in [9.17, 15) is 4.79 Å². The van der Waals surface area contributed by atoms with E-state index in [1.54, 1.807) is 0 Å². The Morgan fingerprint density at radius 3 is 3.00 bits per heavy atom. The summed E-state index contributed by atoms with van der Waals surface area (Å²) in [5, 5.41) is 1.92. The largest absolute Gasteiger partial charge is 0.399 e. The molecule has 2 aromatic rings. The number of nitrogens with two attached hydrogens (primary N) is 1. The summed E-state index contributed by atoms with van der Waals surface area (Å²) in [6.45, 7) is 0.746. The first-order chi connectivity index (χ1) is 8.25. The average Bonchev–Trinajstić information content (AvgIpc) is 2.97. The average molecular weight is 244 g/mol. The Labute approximate surface area is 103 Å². The topological polar surface area (TPSA) is 46.3 Å². The van der Waals surface area contributed by atoms with Crippen molar-refractivity contribution in [3.05, 3.63) is 46.2 Å².